The Bertz CT molecular complexity index is 811. The summed E-state index contributed by atoms with van der Waals surface area (Å²) >= 11 is 0. The zero-order chi connectivity index (χ0) is 15.7. The third-order valence-corrected chi connectivity index (χ3v) is 3.13. The van der Waals surface area contributed by atoms with E-state index in [4.69, 9.17) is 4.74 Å². The fraction of sp³-hybridized carbons (Fsp3) is 0.0588. The van der Waals surface area contributed by atoms with Gasteiger partial charge in [-0.2, -0.15) is 0 Å². The van der Waals surface area contributed by atoms with Crippen molar-refractivity contribution in [2.45, 2.75) is 6.92 Å². The number of halogens is 1. The Labute approximate surface area is 126 Å². The standard InChI is InChI=1S/C17H12FNO3/c1-10(20)19-13-5-6-15-14(9-13)17(21)16(22-15)8-11-3-2-4-12(18)7-11/h2-9H,1H3,(H,19,20)/b16-8-. The number of fused-ring (bicyclic) bond motifs is 1. The molecule has 4 nitrogen and oxygen atoms in total. The van der Waals surface area contributed by atoms with Crippen LogP contribution in [-0.4, -0.2) is 11.7 Å². The van der Waals surface area contributed by atoms with E-state index in [1.165, 1.54) is 25.1 Å². The molecule has 0 bridgehead atoms. The summed E-state index contributed by atoms with van der Waals surface area (Å²) in [5.74, 6) is -0.360. The maximum absolute atomic E-state index is 13.2. The normalized spacial score (nSPS) is 14.6. The van der Waals surface area contributed by atoms with Crippen LogP contribution in [0, 0.1) is 5.82 Å². The molecule has 5 heteroatoms. The van der Waals surface area contributed by atoms with Gasteiger partial charge in [-0.3, -0.25) is 9.59 Å². The van der Waals surface area contributed by atoms with Gasteiger partial charge in [-0.25, -0.2) is 4.39 Å². The van der Waals surface area contributed by atoms with E-state index in [1.54, 1.807) is 30.3 Å². The molecule has 1 aliphatic rings. The quantitative estimate of drug-likeness (QED) is 0.864. The van der Waals surface area contributed by atoms with E-state index < -0.39 is 0 Å². The summed E-state index contributed by atoms with van der Waals surface area (Å²) in [6, 6.07) is 10.7. The van der Waals surface area contributed by atoms with Gasteiger partial charge in [0.25, 0.3) is 0 Å². The van der Waals surface area contributed by atoms with Gasteiger partial charge in [-0.05, 0) is 42.0 Å². The first kappa shape index (κ1) is 14.0. The van der Waals surface area contributed by atoms with Crippen LogP contribution in [0.3, 0.4) is 0 Å². The lowest BCUT2D eigenvalue weighted by Crippen LogP contribution is -2.06. The number of hydrogen-bond acceptors (Lipinski definition) is 3. The smallest absolute Gasteiger partial charge is 0.232 e. The van der Waals surface area contributed by atoms with Crippen molar-refractivity contribution >= 4 is 23.5 Å². The molecule has 1 heterocycles. The molecule has 0 aliphatic carbocycles. The topological polar surface area (TPSA) is 55.4 Å². The van der Waals surface area contributed by atoms with Crippen LogP contribution in [0.4, 0.5) is 10.1 Å². The zero-order valence-corrected chi connectivity index (χ0v) is 11.7. The van der Waals surface area contributed by atoms with Crippen LogP contribution in [0.1, 0.15) is 22.8 Å². The second kappa shape index (κ2) is 5.44. The number of carbonyl (C=O) groups excluding carboxylic acids is 2. The van der Waals surface area contributed by atoms with Crippen LogP contribution in [0.25, 0.3) is 6.08 Å². The average Bonchev–Trinajstić information content (AvgIpc) is 2.75. The summed E-state index contributed by atoms with van der Waals surface area (Å²) in [5.41, 5.74) is 1.43. The summed E-state index contributed by atoms with van der Waals surface area (Å²) in [6.45, 7) is 1.39. The number of amides is 1. The van der Waals surface area contributed by atoms with Gasteiger partial charge >= 0.3 is 0 Å². The monoisotopic (exact) mass is 297 g/mol. The summed E-state index contributed by atoms with van der Waals surface area (Å²) < 4.78 is 18.7. The third-order valence-electron chi connectivity index (χ3n) is 3.13. The molecule has 1 N–H and O–H groups in total. The highest BCUT2D eigenvalue weighted by molar-refractivity contribution is 6.15. The number of hydrogen-bond donors (Lipinski definition) is 1. The first-order valence-corrected chi connectivity index (χ1v) is 6.64. The number of nitrogens with one attached hydrogen (secondary N) is 1. The summed E-state index contributed by atoms with van der Waals surface area (Å²) in [4.78, 5) is 23.4. The first-order chi connectivity index (χ1) is 10.5. The molecule has 3 rings (SSSR count). The van der Waals surface area contributed by atoms with Crippen LogP contribution in [0.15, 0.2) is 48.2 Å². The number of carbonyl (C=O) groups is 2. The summed E-state index contributed by atoms with van der Waals surface area (Å²) in [7, 11) is 0. The number of ether oxygens (including phenoxy) is 1. The van der Waals surface area contributed by atoms with Gasteiger partial charge in [0, 0.05) is 12.6 Å². The van der Waals surface area contributed by atoms with Crippen molar-refractivity contribution in [1.82, 2.24) is 0 Å². The number of allylic oxidation sites excluding steroid dienone is 1. The zero-order valence-electron chi connectivity index (χ0n) is 11.7. The van der Waals surface area contributed by atoms with Crippen LogP contribution >= 0.6 is 0 Å². The van der Waals surface area contributed by atoms with E-state index in [-0.39, 0.29) is 23.3 Å². The molecule has 110 valence electrons. The van der Waals surface area contributed by atoms with E-state index in [0.717, 1.165) is 0 Å². The molecule has 0 saturated heterocycles. The average molecular weight is 297 g/mol. The van der Waals surface area contributed by atoms with Crippen LogP contribution in [0.2, 0.25) is 0 Å². The molecule has 0 radical (unpaired) electrons. The van der Waals surface area contributed by atoms with Gasteiger partial charge < -0.3 is 10.1 Å². The molecule has 0 fully saturated rings. The van der Waals surface area contributed by atoms with Crippen molar-refractivity contribution in [3.05, 3.63) is 65.2 Å². The minimum absolute atomic E-state index is 0.126. The predicted octanol–water partition coefficient (Wildman–Crippen LogP) is 3.40. The molecule has 0 spiro atoms. The van der Waals surface area contributed by atoms with Gasteiger partial charge in [0.15, 0.2) is 5.76 Å². The number of rotatable bonds is 2. The molecular weight excluding hydrogens is 285 g/mol. The van der Waals surface area contributed by atoms with Gasteiger partial charge in [0.1, 0.15) is 11.6 Å². The van der Waals surface area contributed by atoms with Gasteiger partial charge in [-0.15, -0.1) is 0 Å². The predicted molar refractivity (Wildman–Crippen MR) is 80.1 cm³/mol. The van der Waals surface area contributed by atoms with E-state index >= 15 is 0 Å². The van der Waals surface area contributed by atoms with Crippen LogP contribution < -0.4 is 10.1 Å². The molecule has 2 aromatic rings. The summed E-state index contributed by atoms with van der Waals surface area (Å²) in [5, 5.41) is 2.61. The Hall–Kier alpha value is -2.95. The lowest BCUT2D eigenvalue weighted by molar-refractivity contribution is -0.114. The van der Waals surface area contributed by atoms with Crippen molar-refractivity contribution in [2.24, 2.45) is 0 Å². The molecule has 0 atom stereocenters. The fourth-order valence-electron chi connectivity index (χ4n) is 2.22. The van der Waals surface area contributed by atoms with Crippen LogP contribution in [0.5, 0.6) is 5.75 Å². The number of anilines is 1. The third kappa shape index (κ3) is 2.74. The molecule has 0 unspecified atom stereocenters. The maximum Gasteiger partial charge on any atom is 0.232 e. The lowest BCUT2D eigenvalue weighted by atomic mass is 10.1. The molecule has 22 heavy (non-hydrogen) atoms. The second-order valence-electron chi connectivity index (χ2n) is 4.89. The largest absolute Gasteiger partial charge is 0.452 e. The SMILES string of the molecule is CC(=O)Nc1ccc2c(c1)C(=O)/C(=C/c1cccc(F)c1)O2. The van der Waals surface area contributed by atoms with Gasteiger partial charge in [0.05, 0.1) is 5.56 Å². The van der Waals surface area contributed by atoms with Crippen LogP contribution in [-0.2, 0) is 4.79 Å². The fourth-order valence-corrected chi connectivity index (χ4v) is 2.22. The highest BCUT2D eigenvalue weighted by atomic mass is 19.1. The van der Waals surface area contributed by atoms with Crippen molar-refractivity contribution < 1.29 is 18.7 Å². The Kier molecular flexibility index (Phi) is 3.47. The highest BCUT2D eigenvalue weighted by Crippen LogP contribution is 2.33. The summed E-state index contributed by atoms with van der Waals surface area (Å²) in [6.07, 6.45) is 1.49. The lowest BCUT2D eigenvalue weighted by Gasteiger charge is -2.02. The van der Waals surface area contributed by atoms with Crippen molar-refractivity contribution in [2.75, 3.05) is 5.32 Å². The van der Waals surface area contributed by atoms with Crippen molar-refractivity contribution in [3.8, 4) is 5.75 Å². The second-order valence-corrected chi connectivity index (χ2v) is 4.89. The molecule has 2 aromatic carbocycles. The number of ketones is 1. The minimum Gasteiger partial charge on any atom is -0.452 e. The van der Waals surface area contributed by atoms with E-state index in [1.807, 2.05) is 0 Å². The van der Waals surface area contributed by atoms with Crippen molar-refractivity contribution in [1.29, 1.82) is 0 Å². The number of benzene rings is 2. The highest BCUT2D eigenvalue weighted by Gasteiger charge is 2.27. The molecule has 0 aromatic heterocycles. The Morgan fingerprint density at radius 2 is 2.05 bits per heavy atom. The number of Topliss-reactive ketones (excluding diaryl/α,β-unsaturated/α-hetero) is 1. The minimum atomic E-state index is -0.384. The molecule has 1 aliphatic heterocycles. The molecule has 0 saturated carbocycles. The molecular formula is C17H12FNO3. The molecule has 1 amide bonds. The maximum atomic E-state index is 13.2. The first-order valence-electron chi connectivity index (χ1n) is 6.64. The van der Waals surface area contributed by atoms with E-state index in [0.29, 0.717) is 22.6 Å². The van der Waals surface area contributed by atoms with E-state index in [2.05, 4.69) is 5.32 Å². The van der Waals surface area contributed by atoms with E-state index in [9.17, 15) is 14.0 Å². The Morgan fingerprint density at radius 1 is 1.23 bits per heavy atom. The van der Waals surface area contributed by atoms with Crippen molar-refractivity contribution in [3.63, 3.8) is 0 Å². The Morgan fingerprint density at radius 3 is 2.77 bits per heavy atom. The Balaban J connectivity index is 1.92. The van der Waals surface area contributed by atoms with Gasteiger partial charge in [-0.1, -0.05) is 12.1 Å². The van der Waals surface area contributed by atoms with Gasteiger partial charge in [0.2, 0.25) is 11.7 Å².